The second-order valence-corrected chi connectivity index (χ2v) is 4.94. The van der Waals surface area contributed by atoms with E-state index in [4.69, 9.17) is 0 Å². The maximum atomic E-state index is 12.7. The van der Waals surface area contributed by atoms with Crippen LogP contribution in [0.25, 0.3) is 0 Å². The normalized spacial score (nSPS) is 11.8. The van der Waals surface area contributed by atoms with E-state index >= 15 is 0 Å². The molecule has 1 aromatic rings. The van der Waals surface area contributed by atoms with Gasteiger partial charge in [0.25, 0.3) is 0 Å². The van der Waals surface area contributed by atoms with Gasteiger partial charge in [0.1, 0.15) is 5.82 Å². The Labute approximate surface area is 95.2 Å². The highest BCUT2D eigenvalue weighted by Gasteiger charge is 2.33. The Morgan fingerprint density at radius 1 is 1.24 bits per heavy atom. The van der Waals surface area contributed by atoms with Crippen molar-refractivity contribution in [3.05, 3.63) is 35.1 Å². The Morgan fingerprint density at radius 2 is 1.82 bits per heavy atom. The van der Waals surface area contributed by atoms with E-state index < -0.39 is 33.0 Å². The van der Waals surface area contributed by atoms with Gasteiger partial charge in [-0.3, -0.25) is 0 Å². The predicted molar refractivity (Wildman–Crippen MR) is 53.1 cm³/mol. The van der Waals surface area contributed by atoms with Gasteiger partial charge in [-0.15, -0.1) is 0 Å². The van der Waals surface area contributed by atoms with Gasteiger partial charge < -0.3 is 0 Å². The molecule has 0 aliphatic heterocycles. The minimum atomic E-state index is -4.79. The molecular formula is C10H6F4O2S. The molecule has 0 heterocycles. The van der Waals surface area contributed by atoms with Crippen LogP contribution in [-0.4, -0.2) is 14.7 Å². The summed E-state index contributed by atoms with van der Waals surface area (Å²) in [6, 6.07) is 1.84. The standard InChI is InChI=1S/C10H6F4O2S/c1-17(15,16)5-4-7-2-3-8(11)6-9(7)10(12,13)14/h2-3,6H,1H3. The van der Waals surface area contributed by atoms with Gasteiger partial charge in [0.2, 0.25) is 9.84 Å². The minimum absolute atomic E-state index is 0.270. The number of halogens is 4. The molecule has 0 saturated carbocycles. The molecule has 0 spiro atoms. The van der Waals surface area contributed by atoms with E-state index in [2.05, 4.69) is 0 Å². The highest BCUT2D eigenvalue weighted by molar-refractivity contribution is 7.95. The minimum Gasteiger partial charge on any atom is -0.216 e. The van der Waals surface area contributed by atoms with Crippen LogP contribution >= 0.6 is 0 Å². The molecule has 0 N–H and O–H groups in total. The van der Waals surface area contributed by atoms with E-state index in [9.17, 15) is 26.0 Å². The topological polar surface area (TPSA) is 34.1 Å². The number of hydrogen-bond donors (Lipinski definition) is 0. The quantitative estimate of drug-likeness (QED) is 0.533. The summed E-state index contributed by atoms with van der Waals surface area (Å²) < 4.78 is 71.5. The zero-order valence-corrected chi connectivity index (χ0v) is 9.29. The number of alkyl halides is 3. The van der Waals surface area contributed by atoms with E-state index in [1.54, 1.807) is 5.25 Å². The highest BCUT2D eigenvalue weighted by Crippen LogP contribution is 2.32. The molecule has 0 aromatic heterocycles. The summed E-state index contributed by atoms with van der Waals surface area (Å²) >= 11 is 0. The Kier molecular flexibility index (Phi) is 3.48. The Bertz CT molecular complexity index is 591. The van der Waals surface area contributed by atoms with Crippen molar-refractivity contribution in [1.82, 2.24) is 0 Å². The first-order chi connectivity index (χ1) is 7.59. The van der Waals surface area contributed by atoms with Crippen LogP contribution in [0, 0.1) is 17.0 Å². The molecule has 0 bridgehead atoms. The molecule has 17 heavy (non-hydrogen) atoms. The van der Waals surface area contributed by atoms with Crippen molar-refractivity contribution in [2.45, 2.75) is 6.18 Å². The molecule has 1 aromatic carbocycles. The molecule has 0 atom stereocenters. The lowest BCUT2D eigenvalue weighted by atomic mass is 10.1. The van der Waals surface area contributed by atoms with Crippen LogP contribution < -0.4 is 0 Å². The van der Waals surface area contributed by atoms with Gasteiger partial charge in [-0.25, -0.2) is 12.8 Å². The summed E-state index contributed by atoms with van der Waals surface area (Å²) in [6.07, 6.45) is -4.03. The molecule has 92 valence electrons. The summed E-state index contributed by atoms with van der Waals surface area (Å²) in [5, 5.41) is 1.67. The van der Waals surface area contributed by atoms with Crippen molar-refractivity contribution in [3.8, 4) is 11.2 Å². The summed E-state index contributed by atoms with van der Waals surface area (Å²) in [6.45, 7) is 0. The molecule has 0 fully saturated rings. The van der Waals surface area contributed by atoms with Crippen LogP contribution in [0.15, 0.2) is 18.2 Å². The van der Waals surface area contributed by atoms with Gasteiger partial charge in [-0.2, -0.15) is 13.2 Å². The lowest BCUT2D eigenvalue weighted by Crippen LogP contribution is -2.08. The van der Waals surface area contributed by atoms with Crippen LogP contribution in [-0.2, 0) is 16.0 Å². The predicted octanol–water partition coefficient (Wildman–Crippen LogP) is 2.20. The number of hydrogen-bond acceptors (Lipinski definition) is 2. The zero-order chi connectivity index (χ0) is 13.3. The molecule has 0 unspecified atom stereocenters. The van der Waals surface area contributed by atoms with Crippen molar-refractivity contribution in [2.75, 3.05) is 6.26 Å². The maximum absolute atomic E-state index is 12.7. The van der Waals surface area contributed by atoms with Crippen molar-refractivity contribution < 1.29 is 26.0 Å². The largest absolute Gasteiger partial charge is 0.417 e. The van der Waals surface area contributed by atoms with E-state index in [0.29, 0.717) is 0 Å². The average molecular weight is 266 g/mol. The lowest BCUT2D eigenvalue weighted by molar-refractivity contribution is -0.137. The summed E-state index contributed by atoms with van der Waals surface area (Å²) in [5.41, 5.74) is -1.88. The van der Waals surface area contributed by atoms with Gasteiger partial charge in [0, 0.05) is 10.8 Å². The van der Waals surface area contributed by atoms with Crippen molar-refractivity contribution >= 4 is 9.84 Å². The third-order valence-electron chi connectivity index (χ3n) is 1.66. The van der Waals surface area contributed by atoms with E-state index in [1.165, 1.54) is 0 Å². The Balaban J connectivity index is 3.39. The van der Waals surface area contributed by atoms with Gasteiger partial charge in [-0.05, 0) is 24.1 Å². The first kappa shape index (κ1) is 13.5. The first-order valence-corrected chi connectivity index (χ1v) is 6.08. The second kappa shape index (κ2) is 4.37. The Hall–Kier alpha value is -1.55. The zero-order valence-electron chi connectivity index (χ0n) is 8.47. The van der Waals surface area contributed by atoms with Crippen LogP contribution in [0.5, 0.6) is 0 Å². The third-order valence-corrected chi connectivity index (χ3v) is 2.13. The lowest BCUT2D eigenvalue weighted by Gasteiger charge is -2.08. The number of sulfone groups is 1. The maximum Gasteiger partial charge on any atom is 0.417 e. The fraction of sp³-hybridized carbons (Fsp3) is 0.200. The van der Waals surface area contributed by atoms with Crippen molar-refractivity contribution in [2.24, 2.45) is 0 Å². The number of rotatable bonds is 0. The van der Waals surface area contributed by atoms with Gasteiger partial charge in [-0.1, -0.05) is 0 Å². The third kappa shape index (κ3) is 4.07. The van der Waals surface area contributed by atoms with E-state index in [-0.39, 0.29) is 6.07 Å². The molecule has 7 heteroatoms. The molecule has 0 saturated heterocycles. The van der Waals surface area contributed by atoms with Crippen LogP contribution in [0.1, 0.15) is 11.1 Å². The molecule has 0 amide bonds. The second-order valence-electron chi connectivity index (χ2n) is 3.19. The van der Waals surface area contributed by atoms with Gasteiger partial charge in [0.15, 0.2) is 0 Å². The monoisotopic (exact) mass is 266 g/mol. The first-order valence-electron chi connectivity index (χ1n) is 4.19. The molecule has 0 radical (unpaired) electrons. The molecule has 0 aliphatic rings. The average Bonchev–Trinajstić information content (AvgIpc) is 2.13. The highest BCUT2D eigenvalue weighted by atomic mass is 32.2. The van der Waals surface area contributed by atoms with Crippen molar-refractivity contribution in [1.29, 1.82) is 0 Å². The van der Waals surface area contributed by atoms with E-state index in [0.717, 1.165) is 18.4 Å². The Morgan fingerprint density at radius 3 is 2.29 bits per heavy atom. The molecular weight excluding hydrogens is 260 g/mol. The SMILES string of the molecule is CS(=O)(=O)C#Cc1ccc(F)cc1C(F)(F)F. The summed E-state index contributed by atoms with van der Waals surface area (Å²) in [5.74, 6) is 0.795. The van der Waals surface area contributed by atoms with Gasteiger partial charge >= 0.3 is 6.18 Å². The van der Waals surface area contributed by atoms with Crippen molar-refractivity contribution in [3.63, 3.8) is 0 Å². The van der Waals surface area contributed by atoms with E-state index in [1.807, 2.05) is 5.92 Å². The van der Waals surface area contributed by atoms with Crippen LogP contribution in [0.3, 0.4) is 0 Å². The van der Waals surface area contributed by atoms with Crippen LogP contribution in [0.4, 0.5) is 17.6 Å². The number of benzene rings is 1. The summed E-state index contributed by atoms with van der Waals surface area (Å²) in [4.78, 5) is 0. The smallest absolute Gasteiger partial charge is 0.216 e. The fourth-order valence-electron chi connectivity index (χ4n) is 1.01. The summed E-state index contributed by atoms with van der Waals surface area (Å²) in [7, 11) is -3.72. The van der Waals surface area contributed by atoms with Gasteiger partial charge in [0.05, 0.1) is 11.8 Å². The molecule has 0 aliphatic carbocycles. The van der Waals surface area contributed by atoms with Crippen LogP contribution in [0.2, 0.25) is 0 Å². The molecule has 2 nitrogen and oxygen atoms in total. The molecule has 1 rings (SSSR count). The fourth-order valence-corrected chi connectivity index (χ4v) is 1.30.